The molecule has 0 aromatic rings. The first-order valence-corrected chi connectivity index (χ1v) is 23.1. The number of quaternary nitrogens is 1. The number of carbonyl (C=O) groups is 2. The second-order valence-corrected chi connectivity index (χ2v) is 18.2. The molecule has 22 saturated heterocycles. The minimum Gasteiger partial charge on any atom is -0.550 e. The summed E-state index contributed by atoms with van der Waals surface area (Å²) in [6.45, 7) is -6.21. The summed E-state index contributed by atoms with van der Waals surface area (Å²) in [5.74, 6) is -2.79. The van der Waals surface area contributed by atoms with Crippen molar-refractivity contribution in [2.45, 2.75) is 197 Å². The second-order valence-electron chi connectivity index (χ2n) is 18.2. The summed E-state index contributed by atoms with van der Waals surface area (Å²) in [6, 6.07) is 0. The molecule has 22 rings (SSSR count). The van der Waals surface area contributed by atoms with E-state index < -0.39 is 249 Å². The van der Waals surface area contributed by atoms with Crippen LogP contribution in [0.25, 0.3) is 0 Å². The molecular formula is C40H67NO33. The first kappa shape index (κ1) is 61.0. The highest BCUT2D eigenvalue weighted by Gasteiger charge is 2.59. The number of hydrogen-bond donors (Lipinski definition) is 18. The number of aliphatic carboxylic acids is 1. The van der Waals surface area contributed by atoms with Crippen LogP contribution in [-0.4, -0.2) is 323 Å². The van der Waals surface area contributed by atoms with Crippen LogP contribution in [-0.2, 0) is 71.2 Å². The fourth-order valence-corrected chi connectivity index (χ4v) is 9.37. The molecule has 30 atom stereocenters. The van der Waals surface area contributed by atoms with Crippen LogP contribution < -0.4 is 11.3 Å². The highest BCUT2D eigenvalue weighted by molar-refractivity contribution is 5.75. The van der Waals surface area contributed by atoms with Gasteiger partial charge in [0.15, 0.2) is 37.7 Å². The average molecular weight is 1090 g/mol. The number of aliphatic hydroxyl groups excluding tert-OH is 17. The van der Waals surface area contributed by atoms with E-state index in [9.17, 15) is 102 Å². The van der Waals surface area contributed by atoms with Gasteiger partial charge in [-0.1, -0.05) is 0 Å². The number of carboxylic acid groups (broad SMARTS) is 1. The molecule has 21 N–H and O–H groups in total. The molecule has 0 aromatic carbocycles. The van der Waals surface area contributed by atoms with Crippen LogP contribution in [0.5, 0.6) is 0 Å². The van der Waals surface area contributed by atoms with Gasteiger partial charge in [0, 0.05) is 5.97 Å². The zero-order valence-corrected chi connectivity index (χ0v) is 39.1. The van der Waals surface area contributed by atoms with Crippen LogP contribution in [0.3, 0.4) is 0 Å². The van der Waals surface area contributed by atoms with E-state index in [0.29, 0.717) is 0 Å². The van der Waals surface area contributed by atoms with Crippen molar-refractivity contribution in [1.29, 1.82) is 0 Å². The van der Waals surface area contributed by atoms with Crippen LogP contribution in [0, 0.1) is 0 Å². The zero-order valence-electron chi connectivity index (χ0n) is 39.1. The van der Waals surface area contributed by atoms with Gasteiger partial charge in [-0.3, -0.25) is 4.79 Å². The van der Waals surface area contributed by atoms with Gasteiger partial charge in [0.1, 0.15) is 153 Å². The summed E-state index contributed by atoms with van der Waals surface area (Å²) in [7, 11) is 0. The summed E-state index contributed by atoms with van der Waals surface area (Å²) in [5.41, 5.74) is 0. The Bertz CT molecular complexity index is 1770. The molecule has 0 unspecified atom stereocenters. The summed E-state index contributed by atoms with van der Waals surface area (Å²) in [4.78, 5) is 23.5. The van der Waals surface area contributed by atoms with Gasteiger partial charge in [-0.2, -0.15) is 0 Å². The maximum Gasteiger partial charge on any atom is 0.306 e. The van der Waals surface area contributed by atoms with Crippen LogP contribution in [0.15, 0.2) is 0 Å². The Balaban J connectivity index is 0.00000892. The van der Waals surface area contributed by atoms with Gasteiger partial charge < -0.3 is 164 Å². The van der Waals surface area contributed by atoms with Gasteiger partial charge in [-0.25, -0.2) is 0 Å². The Morgan fingerprint density at radius 3 is 0.730 bits per heavy atom. The molecular weight excluding hydrogens is 1020 g/mol. The van der Waals surface area contributed by atoms with E-state index in [0.717, 1.165) is 0 Å². The number of ether oxygens (including phenoxy) is 13. The topological polar surface area (TPSA) is 558 Å². The molecule has 0 radical (unpaired) electrons. The standard InChI is InChI=1S/C40H64O33.H3N/c41-3-9-29-17(49)23(55)35(62-9)69-30-10(4-42)64-37(25(57)19(30)51)71-32-12(6-44)66-39(27(59)21(32)53)73-34-14(8-61-16(48)2-1-15(46)47)67-40(28(60)22(34)54)72-33-13(7-45)65-38(26(58)20(33)52)70-31-11(5-43)63-36(68-29)24(56)18(31)50;/h9-14,17-45,49-60H,1-8H2,(H,46,47);1H3/t9-,10-,11-,12-,13-,14-,17-,18-,19-,20-,21-,22-,23-,24-,25-,26-,27-,28-,29-,30-,31-,32-,33-,34-,35-,36-,37-,38-,39-,40-;/m1./s1. The monoisotopic (exact) mass is 1090 g/mol. The van der Waals surface area contributed by atoms with Crippen molar-refractivity contribution >= 4 is 11.9 Å². The fourth-order valence-electron chi connectivity index (χ4n) is 9.37. The van der Waals surface area contributed by atoms with Crippen molar-refractivity contribution in [2.75, 3.05) is 39.6 Å². The number of esters is 1. The van der Waals surface area contributed by atoms with E-state index in [1.165, 1.54) is 0 Å². The molecule has 0 aromatic heterocycles. The predicted molar refractivity (Wildman–Crippen MR) is 220 cm³/mol. The lowest BCUT2D eigenvalue weighted by Gasteiger charge is -2.50. The average Bonchev–Trinajstić information content (AvgIpc) is 3.37. The normalized spacial score (nSPS) is 50.3. The highest BCUT2D eigenvalue weighted by Crippen LogP contribution is 2.38. The maximum absolute atomic E-state index is 12.5. The minimum absolute atomic E-state index is 0. The third-order valence-corrected chi connectivity index (χ3v) is 13.4. The van der Waals surface area contributed by atoms with Gasteiger partial charge in [0.05, 0.1) is 39.5 Å². The van der Waals surface area contributed by atoms with Crippen LogP contribution in [0.1, 0.15) is 12.8 Å². The third kappa shape index (κ3) is 12.6. The molecule has 22 aliphatic rings. The van der Waals surface area contributed by atoms with E-state index in [1.807, 2.05) is 0 Å². The van der Waals surface area contributed by atoms with E-state index in [2.05, 4.69) is 0 Å². The fraction of sp³-hybridized carbons (Fsp3) is 0.950. The molecule has 12 bridgehead atoms. The summed E-state index contributed by atoms with van der Waals surface area (Å²) in [5, 5.41) is 198. The third-order valence-electron chi connectivity index (χ3n) is 13.4. The maximum atomic E-state index is 12.5. The Labute approximate surface area is 417 Å². The molecule has 22 fully saturated rings. The van der Waals surface area contributed by atoms with Crippen molar-refractivity contribution in [3.05, 3.63) is 0 Å². The van der Waals surface area contributed by atoms with Gasteiger partial charge in [-0.15, -0.1) is 0 Å². The number of carboxylic acids is 1. The van der Waals surface area contributed by atoms with Gasteiger partial charge in [-0.05, 0) is 6.42 Å². The van der Waals surface area contributed by atoms with Crippen LogP contribution in [0.4, 0.5) is 0 Å². The number of rotatable bonds is 10. The van der Waals surface area contributed by atoms with E-state index in [-0.39, 0.29) is 6.15 Å². The molecule has 0 amide bonds. The van der Waals surface area contributed by atoms with Gasteiger partial charge >= 0.3 is 5.97 Å². The van der Waals surface area contributed by atoms with Crippen molar-refractivity contribution in [2.24, 2.45) is 0 Å². The largest absolute Gasteiger partial charge is 0.550 e. The van der Waals surface area contributed by atoms with Crippen molar-refractivity contribution in [3.8, 4) is 0 Å². The SMILES string of the molecule is O=C([O-])CCC(=O)OC[C@H]1O[C@@H]2O[C@H]3[C@H](O)[C@@H](O)[C@@H](O[C@H]4[C@H](O)[C@@H](O)[C@@H](O[C@H]5[C@H](O)[C@@H](O)[C@@H](O[C@H]6[C@H](O)[C@@H](O)[C@@H](O[C@H]7[C@H](O)[C@@H](O)[C@@H](O[C@H]1[C@H](O)[C@H]2O)O[C@@H]7CO)O[C@@H]6CO)O[C@@H]5CO)O[C@@H]4CO)O[C@@H]3CO.[NH4+]. The Morgan fingerprint density at radius 2 is 0.527 bits per heavy atom. The zero-order chi connectivity index (χ0) is 53.3. The molecule has 0 aliphatic carbocycles. The highest BCUT2D eigenvalue weighted by atomic mass is 16.8. The second kappa shape index (κ2) is 26.1. The van der Waals surface area contributed by atoms with Crippen molar-refractivity contribution in [3.63, 3.8) is 0 Å². The number of carbonyl (C=O) groups excluding carboxylic acids is 2. The molecule has 430 valence electrons. The molecule has 22 aliphatic heterocycles. The number of aliphatic hydroxyl groups is 17. The minimum atomic E-state index is -2.28. The van der Waals surface area contributed by atoms with E-state index in [4.69, 9.17) is 61.6 Å². The lowest BCUT2D eigenvalue weighted by molar-refractivity contribution is -0.404. The van der Waals surface area contributed by atoms with Crippen molar-refractivity contribution in [1.82, 2.24) is 6.15 Å². The lowest BCUT2D eigenvalue weighted by Crippen LogP contribution is -2.69. The van der Waals surface area contributed by atoms with Gasteiger partial charge in [0.2, 0.25) is 0 Å². The first-order chi connectivity index (χ1) is 34.7. The smallest absolute Gasteiger partial charge is 0.306 e. The molecule has 34 nitrogen and oxygen atoms in total. The van der Waals surface area contributed by atoms with Gasteiger partial charge in [0.25, 0.3) is 0 Å². The lowest BCUT2D eigenvalue weighted by atomic mass is 9.94. The predicted octanol–water partition coefficient (Wildman–Crippen LogP) is -13.6. The van der Waals surface area contributed by atoms with Crippen LogP contribution >= 0.6 is 0 Å². The molecule has 0 saturated carbocycles. The summed E-state index contributed by atoms with van der Waals surface area (Å²) in [6.07, 6.45) is -62.4. The molecule has 22 heterocycles. The first-order valence-electron chi connectivity index (χ1n) is 23.1. The molecule has 0 spiro atoms. The number of hydrogen-bond acceptors (Lipinski definition) is 33. The Morgan fingerprint density at radius 1 is 0.324 bits per heavy atom. The summed E-state index contributed by atoms with van der Waals surface area (Å²) < 4.78 is 73.5. The quantitative estimate of drug-likeness (QED) is 0.0903. The molecule has 74 heavy (non-hydrogen) atoms. The Hall–Kier alpha value is -2.26. The van der Waals surface area contributed by atoms with Crippen LogP contribution in [0.2, 0.25) is 0 Å². The van der Waals surface area contributed by atoms with E-state index in [1.54, 1.807) is 0 Å². The van der Waals surface area contributed by atoms with E-state index >= 15 is 0 Å². The summed E-state index contributed by atoms with van der Waals surface area (Å²) >= 11 is 0. The van der Waals surface area contributed by atoms with Crippen molar-refractivity contribution < 1.29 is 163 Å². The Kier molecular flexibility index (Phi) is 21.5. The molecule has 34 heteroatoms.